The first-order chi connectivity index (χ1) is 6.68. The lowest BCUT2D eigenvalue weighted by atomic mass is 10.4. The number of hydrogen-bond donors (Lipinski definition) is 1. The summed E-state index contributed by atoms with van der Waals surface area (Å²) in [4.78, 5) is 18.6. The van der Waals surface area contributed by atoms with Crippen molar-refractivity contribution in [2.24, 2.45) is 5.73 Å². The highest BCUT2D eigenvalue weighted by Crippen LogP contribution is 2.19. The molecule has 2 aromatic rings. The molecular weight excluding hydrogens is 204 g/mol. The van der Waals surface area contributed by atoms with Gasteiger partial charge in [0.05, 0.1) is 5.39 Å². The predicted octanol–water partition coefficient (Wildman–Crippen LogP) is 0.570. The number of nitrogens with two attached hydrogens (primary N) is 1. The molecule has 0 saturated heterocycles. The lowest BCUT2D eigenvalue weighted by Gasteiger charge is -2.00. The number of carbonyl (C=O) groups is 1. The van der Waals surface area contributed by atoms with Crippen LogP contribution in [0.25, 0.3) is 11.0 Å². The standard InChI is InChI=1S/C8H7ClN4O/c9-7-5-1-2-13(3-6(10)14)8(5)12-4-11-7/h1-2,4H,3H2,(H2,10,14). The molecule has 14 heavy (non-hydrogen) atoms. The number of rotatable bonds is 2. The molecule has 72 valence electrons. The third-order valence-corrected chi connectivity index (χ3v) is 2.13. The second kappa shape index (κ2) is 3.26. The van der Waals surface area contributed by atoms with Crippen molar-refractivity contribution in [3.63, 3.8) is 0 Å². The lowest BCUT2D eigenvalue weighted by molar-refractivity contribution is -0.118. The highest BCUT2D eigenvalue weighted by molar-refractivity contribution is 6.33. The zero-order valence-electron chi connectivity index (χ0n) is 7.14. The molecule has 2 rings (SSSR count). The number of halogens is 1. The van der Waals surface area contributed by atoms with Gasteiger partial charge >= 0.3 is 0 Å². The van der Waals surface area contributed by atoms with Gasteiger partial charge in [0, 0.05) is 6.20 Å². The van der Waals surface area contributed by atoms with Gasteiger partial charge in [-0.3, -0.25) is 4.79 Å². The number of carbonyl (C=O) groups excluding carboxylic acids is 1. The van der Waals surface area contributed by atoms with Gasteiger partial charge in [-0.1, -0.05) is 11.6 Å². The van der Waals surface area contributed by atoms with Crippen molar-refractivity contribution in [3.05, 3.63) is 23.7 Å². The van der Waals surface area contributed by atoms with E-state index in [4.69, 9.17) is 17.3 Å². The molecule has 0 radical (unpaired) electrons. The van der Waals surface area contributed by atoms with E-state index in [9.17, 15) is 4.79 Å². The van der Waals surface area contributed by atoms with Crippen LogP contribution in [0.2, 0.25) is 5.15 Å². The molecule has 2 aromatic heterocycles. The first-order valence-corrected chi connectivity index (χ1v) is 4.30. The average molecular weight is 211 g/mol. The molecule has 0 aliphatic rings. The quantitative estimate of drug-likeness (QED) is 0.737. The Labute approximate surface area is 84.5 Å². The summed E-state index contributed by atoms with van der Waals surface area (Å²) in [7, 11) is 0. The molecule has 0 fully saturated rings. The lowest BCUT2D eigenvalue weighted by Crippen LogP contribution is -2.18. The largest absolute Gasteiger partial charge is 0.368 e. The molecule has 0 atom stereocenters. The van der Waals surface area contributed by atoms with Gasteiger partial charge in [0.25, 0.3) is 0 Å². The van der Waals surface area contributed by atoms with Crippen LogP contribution in [0.5, 0.6) is 0 Å². The van der Waals surface area contributed by atoms with E-state index < -0.39 is 5.91 Å². The van der Waals surface area contributed by atoms with E-state index in [0.717, 1.165) is 5.39 Å². The third kappa shape index (κ3) is 1.42. The molecule has 0 saturated carbocycles. The second-order valence-electron chi connectivity index (χ2n) is 2.81. The number of amides is 1. The molecule has 5 nitrogen and oxygen atoms in total. The van der Waals surface area contributed by atoms with Gasteiger partial charge in [0.1, 0.15) is 23.7 Å². The fourth-order valence-corrected chi connectivity index (χ4v) is 1.46. The highest BCUT2D eigenvalue weighted by Gasteiger charge is 2.07. The van der Waals surface area contributed by atoms with Gasteiger partial charge in [-0.15, -0.1) is 0 Å². The van der Waals surface area contributed by atoms with Crippen molar-refractivity contribution < 1.29 is 4.79 Å². The monoisotopic (exact) mass is 210 g/mol. The van der Waals surface area contributed by atoms with Crippen LogP contribution in [0, 0.1) is 0 Å². The summed E-state index contributed by atoms with van der Waals surface area (Å²) in [5.74, 6) is -0.419. The van der Waals surface area contributed by atoms with Crippen molar-refractivity contribution in [2.75, 3.05) is 0 Å². The minimum absolute atomic E-state index is 0.0941. The van der Waals surface area contributed by atoms with Gasteiger partial charge < -0.3 is 10.3 Å². The molecule has 2 heterocycles. The van der Waals surface area contributed by atoms with Crippen LogP contribution in [-0.4, -0.2) is 20.4 Å². The highest BCUT2D eigenvalue weighted by atomic mass is 35.5. The van der Waals surface area contributed by atoms with E-state index in [1.54, 1.807) is 16.8 Å². The minimum atomic E-state index is -0.419. The maximum Gasteiger partial charge on any atom is 0.237 e. The number of aromatic nitrogens is 3. The molecule has 0 unspecified atom stereocenters. The zero-order valence-corrected chi connectivity index (χ0v) is 7.90. The van der Waals surface area contributed by atoms with E-state index in [1.807, 2.05) is 0 Å². The van der Waals surface area contributed by atoms with E-state index in [1.165, 1.54) is 6.33 Å². The first-order valence-electron chi connectivity index (χ1n) is 3.92. The van der Waals surface area contributed by atoms with Gasteiger partial charge in [-0.2, -0.15) is 0 Å². The van der Waals surface area contributed by atoms with Crippen molar-refractivity contribution in [2.45, 2.75) is 6.54 Å². The van der Waals surface area contributed by atoms with Crippen LogP contribution in [0.1, 0.15) is 0 Å². The molecule has 0 aliphatic heterocycles. The molecule has 0 aliphatic carbocycles. The summed E-state index contributed by atoms with van der Waals surface area (Å²) in [5, 5.41) is 1.09. The van der Waals surface area contributed by atoms with E-state index in [-0.39, 0.29) is 6.54 Å². The smallest absolute Gasteiger partial charge is 0.237 e. The Morgan fingerprint density at radius 1 is 1.57 bits per heavy atom. The maximum absolute atomic E-state index is 10.7. The van der Waals surface area contributed by atoms with Gasteiger partial charge in [0.15, 0.2) is 0 Å². The molecule has 1 amide bonds. The number of fused-ring (bicyclic) bond motifs is 1. The molecule has 0 spiro atoms. The van der Waals surface area contributed by atoms with E-state index in [0.29, 0.717) is 10.8 Å². The van der Waals surface area contributed by atoms with Crippen molar-refractivity contribution in [1.82, 2.24) is 14.5 Å². The van der Waals surface area contributed by atoms with Gasteiger partial charge in [-0.25, -0.2) is 9.97 Å². The molecule has 0 bridgehead atoms. The SMILES string of the molecule is NC(=O)Cn1ccc2c(Cl)ncnc21. The predicted molar refractivity (Wildman–Crippen MR) is 51.7 cm³/mol. The second-order valence-corrected chi connectivity index (χ2v) is 3.17. The summed E-state index contributed by atoms with van der Waals surface area (Å²) in [6.45, 7) is 0.0941. The molecular formula is C8H7ClN4O. The Kier molecular flexibility index (Phi) is 2.09. The fourth-order valence-electron chi connectivity index (χ4n) is 1.27. The molecule has 6 heteroatoms. The van der Waals surface area contributed by atoms with E-state index in [2.05, 4.69) is 9.97 Å². The minimum Gasteiger partial charge on any atom is -0.368 e. The van der Waals surface area contributed by atoms with Crippen LogP contribution in [0.4, 0.5) is 0 Å². The number of hydrogen-bond acceptors (Lipinski definition) is 3. The van der Waals surface area contributed by atoms with Crippen molar-refractivity contribution in [1.29, 1.82) is 0 Å². The topological polar surface area (TPSA) is 73.8 Å². The Morgan fingerprint density at radius 2 is 2.36 bits per heavy atom. The molecule has 0 aromatic carbocycles. The summed E-state index contributed by atoms with van der Waals surface area (Å²) in [5.41, 5.74) is 5.69. The van der Waals surface area contributed by atoms with Crippen molar-refractivity contribution in [3.8, 4) is 0 Å². The Bertz CT molecular complexity index is 493. The zero-order chi connectivity index (χ0) is 10.1. The average Bonchev–Trinajstić information content (AvgIpc) is 2.49. The Balaban J connectivity index is 2.58. The third-order valence-electron chi connectivity index (χ3n) is 1.83. The number of primary amides is 1. The van der Waals surface area contributed by atoms with Gasteiger partial charge in [0.2, 0.25) is 5.91 Å². The summed E-state index contributed by atoms with van der Waals surface area (Å²) < 4.78 is 1.63. The van der Waals surface area contributed by atoms with Crippen LogP contribution >= 0.6 is 11.6 Å². The molecule has 2 N–H and O–H groups in total. The normalized spacial score (nSPS) is 10.6. The summed E-state index contributed by atoms with van der Waals surface area (Å²) in [6.07, 6.45) is 3.05. The summed E-state index contributed by atoms with van der Waals surface area (Å²) in [6, 6.07) is 1.75. The first kappa shape index (κ1) is 8.96. The van der Waals surface area contributed by atoms with Crippen LogP contribution in [-0.2, 0) is 11.3 Å². The Hall–Kier alpha value is -1.62. The van der Waals surface area contributed by atoms with Crippen molar-refractivity contribution >= 4 is 28.5 Å². The van der Waals surface area contributed by atoms with E-state index >= 15 is 0 Å². The fraction of sp³-hybridized carbons (Fsp3) is 0.125. The van der Waals surface area contributed by atoms with Crippen LogP contribution < -0.4 is 5.73 Å². The van der Waals surface area contributed by atoms with Gasteiger partial charge in [-0.05, 0) is 6.07 Å². The van der Waals surface area contributed by atoms with Crippen LogP contribution in [0.3, 0.4) is 0 Å². The summed E-state index contributed by atoms with van der Waals surface area (Å²) >= 11 is 5.83. The Morgan fingerprint density at radius 3 is 3.07 bits per heavy atom. The number of nitrogens with zero attached hydrogens (tertiary/aromatic N) is 3. The maximum atomic E-state index is 10.7. The van der Waals surface area contributed by atoms with Crippen LogP contribution in [0.15, 0.2) is 18.6 Å².